The number of carbonyl (C=O) groups excluding carboxylic acids is 2. The van der Waals surface area contributed by atoms with Gasteiger partial charge < -0.3 is 15.1 Å². The van der Waals surface area contributed by atoms with Gasteiger partial charge in [0, 0.05) is 45.1 Å². The molecule has 5 heteroatoms. The zero-order valence-electron chi connectivity index (χ0n) is 13.5. The molecule has 2 fully saturated rings. The molecule has 2 aliphatic rings. The molecular formula is C18H25N3O2. The summed E-state index contributed by atoms with van der Waals surface area (Å²) < 4.78 is 0. The molecule has 1 atom stereocenters. The second kappa shape index (κ2) is 7.49. The third kappa shape index (κ3) is 4.24. The molecule has 0 radical (unpaired) electrons. The van der Waals surface area contributed by atoms with Crippen molar-refractivity contribution in [3.8, 4) is 0 Å². The lowest BCUT2D eigenvalue weighted by atomic mass is 10.1. The van der Waals surface area contributed by atoms with Crippen molar-refractivity contribution < 1.29 is 9.59 Å². The van der Waals surface area contributed by atoms with Gasteiger partial charge in [-0.25, -0.2) is 4.79 Å². The summed E-state index contributed by atoms with van der Waals surface area (Å²) in [6, 6.07) is 10.1. The van der Waals surface area contributed by atoms with E-state index in [1.54, 1.807) is 0 Å². The summed E-state index contributed by atoms with van der Waals surface area (Å²) in [6.07, 6.45) is 3.95. The lowest BCUT2D eigenvalue weighted by Gasteiger charge is -2.27. The molecule has 3 amide bonds. The predicted octanol–water partition coefficient (Wildman–Crippen LogP) is 2.23. The fraction of sp³-hybridized carbons (Fsp3) is 0.556. The van der Waals surface area contributed by atoms with Gasteiger partial charge >= 0.3 is 6.03 Å². The average molecular weight is 315 g/mol. The quantitative estimate of drug-likeness (QED) is 0.926. The minimum Gasteiger partial charge on any atom is -0.338 e. The maximum Gasteiger partial charge on any atom is 0.317 e. The Bertz CT molecular complexity index is 540. The van der Waals surface area contributed by atoms with Gasteiger partial charge in [-0.15, -0.1) is 0 Å². The number of benzene rings is 1. The number of piperidine rings is 1. The van der Waals surface area contributed by atoms with Crippen LogP contribution >= 0.6 is 0 Å². The van der Waals surface area contributed by atoms with Gasteiger partial charge in [-0.3, -0.25) is 4.79 Å². The molecule has 2 saturated heterocycles. The fourth-order valence-corrected chi connectivity index (χ4v) is 3.39. The number of carbonyl (C=O) groups is 2. The summed E-state index contributed by atoms with van der Waals surface area (Å²) in [5, 5.41) is 3.01. The first kappa shape index (κ1) is 15.8. The van der Waals surface area contributed by atoms with Crippen molar-refractivity contribution in [3.05, 3.63) is 35.9 Å². The summed E-state index contributed by atoms with van der Waals surface area (Å²) in [5.41, 5.74) is 1.15. The van der Waals surface area contributed by atoms with Gasteiger partial charge in [0.25, 0.3) is 0 Å². The Kier molecular flexibility index (Phi) is 5.16. The SMILES string of the molecule is O=C1CC(CNC(=O)N2CCCCC2)CN1Cc1ccccc1. The lowest BCUT2D eigenvalue weighted by molar-refractivity contribution is -0.128. The first-order valence-corrected chi connectivity index (χ1v) is 8.57. The van der Waals surface area contributed by atoms with Crippen LogP contribution in [0.3, 0.4) is 0 Å². The molecule has 0 spiro atoms. The van der Waals surface area contributed by atoms with Crippen molar-refractivity contribution in [2.45, 2.75) is 32.2 Å². The van der Waals surface area contributed by atoms with Crippen molar-refractivity contribution in [1.82, 2.24) is 15.1 Å². The highest BCUT2D eigenvalue weighted by Crippen LogP contribution is 2.19. The van der Waals surface area contributed by atoms with Gasteiger partial charge in [0.05, 0.1) is 0 Å². The van der Waals surface area contributed by atoms with Gasteiger partial charge in [0.15, 0.2) is 0 Å². The van der Waals surface area contributed by atoms with E-state index in [2.05, 4.69) is 5.32 Å². The molecule has 2 aliphatic heterocycles. The molecular weight excluding hydrogens is 290 g/mol. The highest BCUT2D eigenvalue weighted by atomic mass is 16.2. The average Bonchev–Trinajstić information content (AvgIpc) is 2.94. The predicted molar refractivity (Wildman–Crippen MR) is 88.8 cm³/mol. The van der Waals surface area contributed by atoms with Crippen molar-refractivity contribution in [1.29, 1.82) is 0 Å². The molecule has 0 aromatic heterocycles. The Hall–Kier alpha value is -2.04. The normalized spacial score (nSPS) is 21.6. The van der Waals surface area contributed by atoms with Gasteiger partial charge in [0.1, 0.15) is 0 Å². The standard InChI is InChI=1S/C18H25N3O2/c22-17-11-16(12-19-18(23)20-9-5-2-6-10-20)14-21(17)13-15-7-3-1-4-8-15/h1,3-4,7-8,16H,2,5-6,9-14H2,(H,19,23). The van der Waals surface area contributed by atoms with Crippen LogP contribution in [-0.2, 0) is 11.3 Å². The number of nitrogens with one attached hydrogen (secondary N) is 1. The van der Waals surface area contributed by atoms with E-state index in [-0.39, 0.29) is 17.9 Å². The monoisotopic (exact) mass is 315 g/mol. The van der Waals surface area contributed by atoms with Crippen LogP contribution in [0, 0.1) is 5.92 Å². The number of hydrogen-bond acceptors (Lipinski definition) is 2. The molecule has 0 aliphatic carbocycles. The zero-order chi connectivity index (χ0) is 16.1. The van der Waals surface area contributed by atoms with Crippen LogP contribution in [0.1, 0.15) is 31.2 Å². The summed E-state index contributed by atoms with van der Waals surface area (Å²) in [4.78, 5) is 28.1. The van der Waals surface area contributed by atoms with Crippen LogP contribution in [0.25, 0.3) is 0 Å². The molecule has 1 aromatic rings. The number of hydrogen-bond donors (Lipinski definition) is 1. The topological polar surface area (TPSA) is 52.7 Å². The molecule has 23 heavy (non-hydrogen) atoms. The Labute approximate surface area is 137 Å². The van der Waals surface area contributed by atoms with Crippen LogP contribution in [0.15, 0.2) is 30.3 Å². The van der Waals surface area contributed by atoms with E-state index in [0.717, 1.165) is 38.0 Å². The van der Waals surface area contributed by atoms with Crippen molar-refractivity contribution in [2.75, 3.05) is 26.2 Å². The van der Waals surface area contributed by atoms with Crippen molar-refractivity contribution in [3.63, 3.8) is 0 Å². The van der Waals surface area contributed by atoms with E-state index in [4.69, 9.17) is 0 Å². The first-order chi connectivity index (χ1) is 11.2. The smallest absolute Gasteiger partial charge is 0.317 e. The van der Waals surface area contributed by atoms with E-state index < -0.39 is 0 Å². The van der Waals surface area contributed by atoms with Gasteiger partial charge in [-0.1, -0.05) is 30.3 Å². The van der Waals surface area contributed by atoms with Gasteiger partial charge in [-0.05, 0) is 24.8 Å². The van der Waals surface area contributed by atoms with Crippen LogP contribution in [0.2, 0.25) is 0 Å². The van der Waals surface area contributed by atoms with Crippen LogP contribution in [-0.4, -0.2) is 47.9 Å². The maximum atomic E-state index is 12.1. The van der Waals surface area contributed by atoms with Crippen molar-refractivity contribution in [2.24, 2.45) is 5.92 Å². The largest absolute Gasteiger partial charge is 0.338 e. The number of urea groups is 1. The third-order valence-electron chi connectivity index (χ3n) is 4.70. The van der Waals surface area contributed by atoms with E-state index in [1.807, 2.05) is 40.1 Å². The molecule has 0 bridgehead atoms. The van der Waals surface area contributed by atoms with E-state index in [9.17, 15) is 9.59 Å². The van der Waals surface area contributed by atoms with Gasteiger partial charge in [0.2, 0.25) is 5.91 Å². The number of nitrogens with zero attached hydrogens (tertiary/aromatic N) is 2. The minimum atomic E-state index is 0.0265. The molecule has 5 nitrogen and oxygen atoms in total. The number of amides is 3. The Balaban J connectivity index is 1.45. The number of likely N-dealkylation sites (tertiary alicyclic amines) is 2. The molecule has 3 rings (SSSR count). The van der Waals surface area contributed by atoms with Gasteiger partial charge in [-0.2, -0.15) is 0 Å². The van der Waals surface area contributed by atoms with E-state index in [1.165, 1.54) is 6.42 Å². The molecule has 1 N–H and O–H groups in total. The van der Waals surface area contributed by atoms with Crippen LogP contribution < -0.4 is 5.32 Å². The summed E-state index contributed by atoms with van der Waals surface area (Å²) in [5.74, 6) is 0.408. The molecule has 1 unspecified atom stereocenters. The minimum absolute atomic E-state index is 0.0265. The molecule has 124 valence electrons. The second-order valence-electron chi connectivity index (χ2n) is 6.56. The highest BCUT2D eigenvalue weighted by Gasteiger charge is 2.30. The Morgan fingerprint density at radius 2 is 1.87 bits per heavy atom. The van der Waals surface area contributed by atoms with E-state index >= 15 is 0 Å². The third-order valence-corrected chi connectivity index (χ3v) is 4.70. The van der Waals surface area contributed by atoms with E-state index in [0.29, 0.717) is 19.5 Å². The molecule has 1 aromatic carbocycles. The summed E-state index contributed by atoms with van der Waals surface area (Å²) in [6.45, 7) is 3.70. The zero-order valence-corrected chi connectivity index (χ0v) is 13.5. The highest BCUT2D eigenvalue weighted by molar-refractivity contribution is 5.79. The fourth-order valence-electron chi connectivity index (χ4n) is 3.39. The number of rotatable bonds is 4. The summed E-state index contributed by atoms with van der Waals surface area (Å²) in [7, 11) is 0. The van der Waals surface area contributed by atoms with Crippen molar-refractivity contribution >= 4 is 11.9 Å². The second-order valence-corrected chi connectivity index (χ2v) is 6.56. The first-order valence-electron chi connectivity index (χ1n) is 8.57. The Morgan fingerprint density at radius 1 is 1.13 bits per heavy atom. The Morgan fingerprint density at radius 3 is 2.61 bits per heavy atom. The molecule has 0 saturated carbocycles. The lowest BCUT2D eigenvalue weighted by Crippen LogP contribution is -2.44. The summed E-state index contributed by atoms with van der Waals surface area (Å²) >= 11 is 0. The van der Waals surface area contributed by atoms with Crippen LogP contribution in [0.4, 0.5) is 4.79 Å². The molecule has 2 heterocycles. The maximum absolute atomic E-state index is 12.1. The van der Waals surface area contributed by atoms with Crippen LogP contribution in [0.5, 0.6) is 0 Å².